The highest BCUT2D eigenvalue weighted by molar-refractivity contribution is 6.35. The Bertz CT molecular complexity index is 705. The van der Waals surface area contributed by atoms with Crippen molar-refractivity contribution in [3.05, 3.63) is 57.7 Å². The Morgan fingerprint density at radius 1 is 1.16 bits per heavy atom. The molecule has 0 fully saturated rings. The van der Waals surface area contributed by atoms with Gasteiger partial charge in [-0.25, -0.2) is 4.98 Å². The molecule has 25 heavy (non-hydrogen) atoms. The van der Waals surface area contributed by atoms with Gasteiger partial charge in [0, 0.05) is 35.9 Å². The molecule has 5 nitrogen and oxygen atoms in total. The van der Waals surface area contributed by atoms with Crippen molar-refractivity contribution in [2.75, 3.05) is 39.0 Å². The summed E-state index contributed by atoms with van der Waals surface area (Å²) in [5, 5.41) is 7.36. The van der Waals surface area contributed by atoms with Crippen LogP contribution in [0.1, 0.15) is 15.9 Å². The molecule has 2 aromatic rings. The minimum Gasteiger partial charge on any atom is -0.370 e. The number of pyridine rings is 1. The summed E-state index contributed by atoms with van der Waals surface area (Å²) >= 11 is 12.0. The second-order valence-corrected chi connectivity index (χ2v) is 6.75. The van der Waals surface area contributed by atoms with Gasteiger partial charge in [-0.3, -0.25) is 4.79 Å². The lowest BCUT2D eigenvalue weighted by atomic mass is 10.1. The molecule has 0 saturated heterocycles. The van der Waals surface area contributed by atoms with E-state index in [4.69, 9.17) is 23.2 Å². The monoisotopic (exact) mass is 380 g/mol. The third-order valence-electron chi connectivity index (χ3n) is 3.59. The third kappa shape index (κ3) is 6.53. The molecule has 0 aliphatic rings. The van der Waals surface area contributed by atoms with Gasteiger partial charge >= 0.3 is 0 Å². The first-order valence-electron chi connectivity index (χ1n) is 8.02. The molecule has 134 valence electrons. The molecule has 2 rings (SSSR count). The van der Waals surface area contributed by atoms with E-state index in [0.717, 1.165) is 24.3 Å². The van der Waals surface area contributed by atoms with Crippen LogP contribution < -0.4 is 10.6 Å². The van der Waals surface area contributed by atoms with Crippen molar-refractivity contribution in [1.82, 2.24) is 15.2 Å². The third-order valence-corrected chi connectivity index (χ3v) is 4.17. The van der Waals surface area contributed by atoms with E-state index in [1.807, 2.05) is 31.1 Å². The lowest BCUT2D eigenvalue weighted by Gasteiger charge is -2.11. The summed E-state index contributed by atoms with van der Waals surface area (Å²) in [4.78, 5) is 18.3. The molecule has 1 heterocycles. The molecular formula is C18H22Cl2N4O. The number of anilines is 1. The zero-order valence-electron chi connectivity index (χ0n) is 14.4. The van der Waals surface area contributed by atoms with Gasteiger partial charge in [0.25, 0.3) is 5.91 Å². The number of nitrogens with one attached hydrogen (secondary N) is 2. The van der Waals surface area contributed by atoms with Crippen LogP contribution in [0.25, 0.3) is 0 Å². The van der Waals surface area contributed by atoms with Crippen molar-refractivity contribution in [1.29, 1.82) is 0 Å². The van der Waals surface area contributed by atoms with E-state index in [0.29, 0.717) is 28.7 Å². The van der Waals surface area contributed by atoms with Gasteiger partial charge in [0.15, 0.2) is 0 Å². The highest BCUT2D eigenvalue weighted by atomic mass is 35.5. The Hall–Kier alpha value is -1.82. The molecule has 0 spiro atoms. The highest BCUT2D eigenvalue weighted by Crippen LogP contribution is 2.21. The average Bonchev–Trinajstić information content (AvgIpc) is 2.57. The van der Waals surface area contributed by atoms with Crippen LogP contribution in [0.3, 0.4) is 0 Å². The number of amides is 1. The van der Waals surface area contributed by atoms with E-state index in [9.17, 15) is 4.79 Å². The van der Waals surface area contributed by atoms with Gasteiger partial charge in [0.2, 0.25) is 0 Å². The van der Waals surface area contributed by atoms with Crippen LogP contribution in [-0.4, -0.2) is 49.5 Å². The summed E-state index contributed by atoms with van der Waals surface area (Å²) in [6.07, 6.45) is 2.33. The van der Waals surface area contributed by atoms with Gasteiger partial charge in [-0.05, 0) is 50.3 Å². The second-order valence-electron chi connectivity index (χ2n) is 5.90. The van der Waals surface area contributed by atoms with Gasteiger partial charge in [0.05, 0.1) is 5.56 Å². The quantitative estimate of drug-likeness (QED) is 0.737. The molecule has 0 saturated carbocycles. The second kappa shape index (κ2) is 9.61. The summed E-state index contributed by atoms with van der Waals surface area (Å²) in [6, 6.07) is 9.03. The van der Waals surface area contributed by atoms with Crippen LogP contribution in [0.4, 0.5) is 5.82 Å². The highest BCUT2D eigenvalue weighted by Gasteiger charge is 2.06. The van der Waals surface area contributed by atoms with E-state index >= 15 is 0 Å². The normalized spacial score (nSPS) is 10.8. The van der Waals surface area contributed by atoms with Crippen molar-refractivity contribution in [2.45, 2.75) is 6.42 Å². The molecule has 0 aliphatic carbocycles. The first-order valence-corrected chi connectivity index (χ1v) is 8.78. The van der Waals surface area contributed by atoms with E-state index in [1.54, 1.807) is 24.4 Å². The van der Waals surface area contributed by atoms with E-state index in [1.165, 1.54) is 0 Å². The topological polar surface area (TPSA) is 57.3 Å². The number of halogens is 2. The van der Waals surface area contributed by atoms with Crippen LogP contribution in [0.2, 0.25) is 10.0 Å². The number of carbonyl (C=O) groups is 1. The van der Waals surface area contributed by atoms with Gasteiger partial charge in [0.1, 0.15) is 5.82 Å². The summed E-state index contributed by atoms with van der Waals surface area (Å²) in [5.41, 5.74) is 1.57. The fraction of sp³-hybridized carbons (Fsp3) is 0.333. The van der Waals surface area contributed by atoms with Crippen molar-refractivity contribution in [3.63, 3.8) is 0 Å². The van der Waals surface area contributed by atoms with Crippen LogP contribution in [0.15, 0.2) is 36.5 Å². The SMILES string of the molecule is CN(C)CCNC(=O)c1ccc(NCCc2ccc(Cl)cc2Cl)nc1. The number of carbonyl (C=O) groups excluding carboxylic acids is 1. The predicted octanol–water partition coefficient (Wildman–Crippen LogP) is 3.33. The van der Waals surface area contributed by atoms with E-state index in [2.05, 4.69) is 15.6 Å². The smallest absolute Gasteiger partial charge is 0.252 e. The molecule has 0 bridgehead atoms. The Morgan fingerprint density at radius 3 is 2.60 bits per heavy atom. The minimum absolute atomic E-state index is 0.117. The van der Waals surface area contributed by atoms with Crippen LogP contribution >= 0.6 is 23.2 Å². The van der Waals surface area contributed by atoms with Gasteiger partial charge in [-0.2, -0.15) is 0 Å². The lowest BCUT2D eigenvalue weighted by Crippen LogP contribution is -2.31. The number of likely N-dealkylation sites (N-methyl/N-ethyl adjacent to an activating group) is 1. The lowest BCUT2D eigenvalue weighted by molar-refractivity contribution is 0.0950. The fourth-order valence-corrected chi connectivity index (χ4v) is 2.68. The van der Waals surface area contributed by atoms with Crippen LogP contribution in [0.5, 0.6) is 0 Å². The molecule has 0 radical (unpaired) electrons. The Kier molecular flexibility index (Phi) is 7.50. The molecular weight excluding hydrogens is 359 g/mol. The largest absolute Gasteiger partial charge is 0.370 e. The number of hydrogen-bond donors (Lipinski definition) is 2. The minimum atomic E-state index is -0.117. The maximum Gasteiger partial charge on any atom is 0.252 e. The summed E-state index contributed by atoms with van der Waals surface area (Å²) < 4.78 is 0. The first kappa shape index (κ1) is 19.5. The Balaban J connectivity index is 1.80. The van der Waals surface area contributed by atoms with Gasteiger partial charge < -0.3 is 15.5 Å². The van der Waals surface area contributed by atoms with Crippen LogP contribution in [0, 0.1) is 0 Å². The van der Waals surface area contributed by atoms with E-state index < -0.39 is 0 Å². The molecule has 7 heteroatoms. The Morgan fingerprint density at radius 2 is 1.96 bits per heavy atom. The zero-order valence-corrected chi connectivity index (χ0v) is 15.9. The van der Waals surface area contributed by atoms with E-state index in [-0.39, 0.29) is 5.91 Å². The molecule has 0 atom stereocenters. The summed E-state index contributed by atoms with van der Waals surface area (Å²) in [7, 11) is 3.93. The molecule has 2 N–H and O–H groups in total. The number of aromatic nitrogens is 1. The molecule has 1 aromatic carbocycles. The van der Waals surface area contributed by atoms with Gasteiger partial charge in [-0.15, -0.1) is 0 Å². The predicted molar refractivity (Wildman–Crippen MR) is 104 cm³/mol. The van der Waals surface area contributed by atoms with Crippen molar-refractivity contribution >= 4 is 34.9 Å². The summed E-state index contributed by atoms with van der Waals surface area (Å²) in [6.45, 7) is 2.09. The van der Waals surface area contributed by atoms with Crippen molar-refractivity contribution in [2.24, 2.45) is 0 Å². The first-order chi connectivity index (χ1) is 12.0. The Labute approximate surface area is 158 Å². The molecule has 1 aromatic heterocycles. The molecule has 0 unspecified atom stereocenters. The van der Waals surface area contributed by atoms with Crippen molar-refractivity contribution < 1.29 is 4.79 Å². The number of hydrogen-bond acceptors (Lipinski definition) is 4. The molecule has 0 aliphatic heterocycles. The average molecular weight is 381 g/mol. The zero-order chi connectivity index (χ0) is 18.2. The maximum atomic E-state index is 12.0. The van der Waals surface area contributed by atoms with Crippen molar-refractivity contribution in [3.8, 4) is 0 Å². The van der Waals surface area contributed by atoms with Crippen LogP contribution in [-0.2, 0) is 6.42 Å². The molecule has 1 amide bonds. The number of nitrogens with zero attached hydrogens (tertiary/aromatic N) is 2. The van der Waals surface area contributed by atoms with Gasteiger partial charge in [-0.1, -0.05) is 29.3 Å². The summed E-state index contributed by atoms with van der Waals surface area (Å²) in [5.74, 6) is 0.601. The maximum absolute atomic E-state index is 12.0. The standard InChI is InChI=1S/C18H22Cl2N4O/c1-24(2)10-9-22-18(25)14-4-6-17(23-12-14)21-8-7-13-3-5-15(19)11-16(13)20/h3-6,11-12H,7-10H2,1-2H3,(H,21,23)(H,22,25). The number of benzene rings is 1. The fourth-order valence-electron chi connectivity index (χ4n) is 2.18. The number of rotatable bonds is 8.